The molecule has 44 heavy (non-hydrogen) atoms. The van der Waals surface area contributed by atoms with Gasteiger partial charge >= 0.3 is 0 Å². The first-order valence-corrected chi connectivity index (χ1v) is 16.3. The number of hydrogen-bond donors (Lipinski definition) is 0. The topological polar surface area (TPSA) is 59.1 Å². The Balaban J connectivity index is 0.000000924. The highest BCUT2D eigenvalue weighted by Crippen LogP contribution is 2.52. The van der Waals surface area contributed by atoms with E-state index in [0.717, 1.165) is 33.3 Å². The lowest BCUT2D eigenvalue weighted by atomic mass is 9.63. The van der Waals surface area contributed by atoms with Gasteiger partial charge in [0.25, 0.3) is 0 Å². The van der Waals surface area contributed by atoms with Gasteiger partial charge in [-0.25, -0.2) is 0 Å². The SMILES string of the molecule is CC.CC.CN1c2cccc3cc(C4C([O-])C(c5cc6c7c(cccc7c5)N(C)C(C)(C)N6C)C4[O-])cc(c23)N(C)C1(C)C. The minimum atomic E-state index is -0.989. The molecule has 1 fully saturated rings. The molecule has 1 aliphatic carbocycles. The zero-order chi connectivity index (χ0) is 32.5. The lowest BCUT2D eigenvalue weighted by Gasteiger charge is -2.62. The van der Waals surface area contributed by atoms with Gasteiger partial charge in [-0.1, -0.05) is 64.1 Å². The van der Waals surface area contributed by atoms with Crippen LogP contribution in [0, 0.1) is 0 Å². The first-order chi connectivity index (χ1) is 20.9. The van der Waals surface area contributed by atoms with Gasteiger partial charge in [0.05, 0.1) is 0 Å². The third kappa shape index (κ3) is 4.28. The Bertz CT molecular complexity index is 1560. The van der Waals surface area contributed by atoms with Crippen LogP contribution in [0.3, 0.4) is 0 Å². The van der Waals surface area contributed by atoms with E-state index in [9.17, 15) is 10.2 Å². The smallest absolute Gasteiger partial charge is 0.106 e. The molecule has 6 heteroatoms. The second-order valence-corrected chi connectivity index (χ2v) is 13.0. The maximum Gasteiger partial charge on any atom is 0.106 e. The molecule has 1 saturated carbocycles. The summed E-state index contributed by atoms with van der Waals surface area (Å²) in [6.07, 6.45) is -1.98. The van der Waals surface area contributed by atoms with Crippen molar-refractivity contribution in [3.8, 4) is 0 Å². The Morgan fingerprint density at radius 2 is 0.818 bits per heavy atom. The summed E-state index contributed by atoms with van der Waals surface area (Å²) in [5, 5.41) is 32.5. The Morgan fingerprint density at radius 3 is 1.16 bits per heavy atom. The van der Waals surface area contributed by atoms with Crippen LogP contribution >= 0.6 is 0 Å². The van der Waals surface area contributed by atoms with Gasteiger partial charge in [-0.2, -0.15) is 0 Å². The van der Waals surface area contributed by atoms with E-state index in [1.165, 1.54) is 22.1 Å². The fraction of sp³-hybridized carbons (Fsp3) is 0.474. The molecule has 236 valence electrons. The van der Waals surface area contributed by atoms with Crippen molar-refractivity contribution in [3.63, 3.8) is 0 Å². The zero-order valence-corrected chi connectivity index (χ0v) is 28.7. The van der Waals surface area contributed by atoms with Crippen LogP contribution in [0.15, 0.2) is 60.7 Å². The maximum absolute atomic E-state index is 14.0. The lowest BCUT2D eigenvalue weighted by Crippen LogP contribution is -2.63. The summed E-state index contributed by atoms with van der Waals surface area (Å²) in [7, 11) is 8.44. The molecule has 0 saturated heterocycles. The molecular formula is C38H50N4O2-2. The van der Waals surface area contributed by atoms with Gasteiger partial charge in [-0.3, -0.25) is 0 Å². The van der Waals surface area contributed by atoms with Crippen LogP contribution in [0.4, 0.5) is 22.7 Å². The minimum absolute atomic E-state index is 0.241. The molecule has 0 radical (unpaired) electrons. The molecule has 0 bridgehead atoms. The predicted molar refractivity (Wildman–Crippen MR) is 185 cm³/mol. The molecule has 3 aliphatic rings. The van der Waals surface area contributed by atoms with E-state index in [1.807, 2.05) is 27.7 Å². The Hall–Kier alpha value is -3.48. The van der Waals surface area contributed by atoms with Crippen molar-refractivity contribution in [3.05, 3.63) is 71.8 Å². The zero-order valence-electron chi connectivity index (χ0n) is 28.7. The van der Waals surface area contributed by atoms with Crippen LogP contribution < -0.4 is 29.8 Å². The fourth-order valence-corrected chi connectivity index (χ4v) is 7.35. The first-order valence-electron chi connectivity index (χ1n) is 16.3. The Kier molecular flexibility index (Phi) is 8.09. The Labute approximate surface area is 264 Å². The van der Waals surface area contributed by atoms with Crippen molar-refractivity contribution >= 4 is 44.3 Å². The quantitative estimate of drug-likeness (QED) is 0.260. The van der Waals surface area contributed by atoms with Gasteiger partial charge in [0.2, 0.25) is 0 Å². The summed E-state index contributed by atoms with van der Waals surface area (Å²) in [4.78, 5) is 9.12. The predicted octanol–water partition coefficient (Wildman–Crippen LogP) is 6.63. The highest BCUT2D eigenvalue weighted by Gasteiger charge is 2.42. The van der Waals surface area contributed by atoms with Crippen LogP contribution in [-0.4, -0.2) is 51.7 Å². The van der Waals surface area contributed by atoms with E-state index < -0.39 is 24.0 Å². The van der Waals surface area contributed by atoms with Gasteiger partial charge in [0.1, 0.15) is 11.3 Å². The molecule has 0 unspecified atom stereocenters. The van der Waals surface area contributed by atoms with Crippen molar-refractivity contribution in [2.45, 2.75) is 90.8 Å². The molecular weight excluding hydrogens is 544 g/mol. The molecule has 0 amide bonds. The number of nitrogens with zero attached hydrogens (tertiary/aromatic N) is 4. The van der Waals surface area contributed by atoms with Crippen molar-refractivity contribution in [1.29, 1.82) is 0 Å². The number of benzene rings is 4. The molecule has 0 aromatic heterocycles. The summed E-state index contributed by atoms with van der Waals surface area (Å²) in [6.45, 7) is 16.8. The number of rotatable bonds is 2. The third-order valence-corrected chi connectivity index (χ3v) is 10.8. The van der Waals surface area contributed by atoms with Gasteiger partial charge in [0.15, 0.2) is 0 Å². The monoisotopic (exact) mass is 594 g/mol. The summed E-state index contributed by atoms with van der Waals surface area (Å²) < 4.78 is 0. The van der Waals surface area contributed by atoms with Crippen molar-refractivity contribution < 1.29 is 10.2 Å². The van der Waals surface area contributed by atoms with Crippen LogP contribution in [-0.2, 0) is 0 Å². The van der Waals surface area contributed by atoms with Crippen LogP contribution in [0.1, 0.15) is 78.4 Å². The van der Waals surface area contributed by atoms with Crippen LogP contribution in [0.2, 0.25) is 0 Å². The maximum atomic E-state index is 14.0. The average Bonchev–Trinajstić information content (AvgIpc) is 3.02. The first kappa shape index (κ1) is 31.9. The molecule has 4 aromatic carbocycles. The molecule has 7 rings (SSSR count). The molecule has 0 spiro atoms. The fourth-order valence-electron chi connectivity index (χ4n) is 7.35. The minimum Gasteiger partial charge on any atom is -0.851 e. The second-order valence-electron chi connectivity index (χ2n) is 13.0. The molecule has 0 atom stereocenters. The number of hydrogen-bond acceptors (Lipinski definition) is 6. The summed E-state index contributed by atoms with van der Waals surface area (Å²) in [5.74, 6) is -1.13. The molecule has 6 nitrogen and oxygen atoms in total. The van der Waals surface area contributed by atoms with E-state index in [4.69, 9.17) is 0 Å². The Morgan fingerprint density at radius 1 is 0.500 bits per heavy atom. The highest BCUT2D eigenvalue weighted by atomic mass is 16.3. The molecule has 2 aliphatic heterocycles. The van der Waals surface area contributed by atoms with E-state index in [1.54, 1.807) is 0 Å². The lowest BCUT2D eigenvalue weighted by molar-refractivity contribution is -0.536. The molecule has 4 aromatic rings. The average molecular weight is 595 g/mol. The van der Waals surface area contributed by atoms with Crippen molar-refractivity contribution in [2.24, 2.45) is 0 Å². The van der Waals surface area contributed by atoms with Gasteiger partial charge in [0, 0.05) is 61.7 Å². The van der Waals surface area contributed by atoms with Crippen molar-refractivity contribution in [2.75, 3.05) is 47.8 Å². The standard InChI is InChI=1S/C34H38N4O2.2C2H6/c1-33(2)35(5)23-13-9-11-19-15-21(17-25(27(19)23)37(33)7)29-31(39)30(32(29)40)22-16-20-12-10-14-24-28(20)26(18-22)38(8)34(3,4)36(24)6;2*1-2/h9-18,29-32H,1-8H3;2*1-2H3/q-2;;. The van der Waals surface area contributed by atoms with Crippen LogP contribution in [0.25, 0.3) is 21.5 Å². The largest absolute Gasteiger partial charge is 0.851 e. The summed E-state index contributed by atoms with van der Waals surface area (Å²) in [6, 6.07) is 21.0. The van der Waals surface area contributed by atoms with Gasteiger partial charge < -0.3 is 29.8 Å². The van der Waals surface area contributed by atoms with Gasteiger partial charge in [-0.15, -0.1) is 12.2 Å². The van der Waals surface area contributed by atoms with Crippen molar-refractivity contribution in [1.82, 2.24) is 0 Å². The van der Waals surface area contributed by atoms with Crippen LogP contribution in [0.5, 0.6) is 0 Å². The van der Waals surface area contributed by atoms with Gasteiger partial charge in [-0.05, 0) is 85.7 Å². The second kappa shape index (κ2) is 11.1. The molecule has 0 N–H and O–H groups in total. The number of anilines is 4. The summed E-state index contributed by atoms with van der Waals surface area (Å²) in [5.41, 5.74) is 5.78. The normalized spacial score (nSPS) is 24.3. The van der Waals surface area contributed by atoms with E-state index in [2.05, 4.69) is 136 Å². The molecule has 2 heterocycles. The highest BCUT2D eigenvalue weighted by molar-refractivity contribution is 6.07. The van der Waals surface area contributed by atoms with E-state index in [0.29, 0.717) is 0 Å². The van der Waals surface area contributed by atoms with E-state index >= 15 is 0 Å². The summed E-state index contributed by atoms with van der Waals surface area (Å²) >= 11 is 0. The van der Waals surface area contributed by atoms with E-state index in [-0.39, 0.29) is 11.3 Å². The third-order valence-electron chi connectivity index (χ3n) is 10.8.